The summed E-state index contributed by atoms with van der Waals surface area (Å²) in [6.07, 6.45) is 67.7. The standard InChI is InChI=1S/C53H88O5/c1-3-5-7-9-11-13-15-17-19-20-21-22-23-24-25-26-27-28-29-30-31-32-34-36-38-40-42-44-46-48-53(56)58-51(49-54)50-57-52(55)47-45-43-41-39-37-35-33-18-16-14-12-10-8-6-4-2/h5,7,11,13,17,19,21-22,24-25,27-28,30-31,34,36,51,54H,3-4,6,8-10,12,14-16,18,20,23,26,29,32-33,35,37-50H2,1-2H3/b7-5-,13-11-,19-17-,22-21-,25-24-,28-27-,31-30-,36-34-. The van der Waals surface area contributed by atoms with Crippen LogP contribution in [0.3, 0.4) is 0 Å². The topological polar surface area (TPSA) is 72.8 Å². The van der Waals surface area contributed by atoms with Gasteiger partial charge in [-0.05, 0) is 77.0 Å². The van der Waals surface area contributed by atoms with Crippen molar-refractivity contribution in [3.05, 3.63) is 97.2 Å². The van der Waals surface area contributed by atoms with Gasteiger partial charge in [-0.3, -0.25) is 9.59 Å². The van der Waals surface area contributed by atoms with E-state index in [9.17, 15) is 14.7 Å². The van der Waals surface area contributed by atoms with Crippen molar-refractivity contribution in [1.29, 1.82) is 0 Å². The van der Waals surface area contributed by atoms with Gasteiger partial charge in [0.15, 0.2) is 6.10 Å². The fraction of sp³-hybridized carbons (Fsp3) is 0.660. The number of esters is 2. The van der Waals surface area contributed by atoms with E-state index < -0.39 is 6.10 Å². The summed E-state index contributed by atoms with van der Waals surface area (Å²) in [5.74, 6) is -0.622. The number of ether oxygens (including phenoxy) is 2. The van der Waals surface area contributed by atoms with Gasteiger partial charge >= 0.3 is 11.9 Å². The third kappa shape index (κ3) is 45.5. The number of carbonyl (C=O) groups is 2. The quantitative estimate of drug-likeness (QED) is 0.0378. The van der Waals surface area contributed by atoms with Gasteiger partial charge in [0.2, 0.25) is 0 Å². The maximum Gasteiger partial charge on any atom is 0.306 e. The summed E-state index contributed by atoms with van der Waals surface area (Å²) >= 11 is 0. The van der Waals surface area contributed by atoms with Crippen molar-refractivity contribution in [2.24, 2.45) is 0 Å². The van der Waals surface area contributed by atoms with E-state index in [0.29, 0.717) is 12.8 Å². The number of unbranched alkanes of at least 4 members (excludes halogenated alkanes) is 18. The molecule has 0 amide bonds. The molecule has 5 nitrogen and oxygen atoms in total. The van der Waals surface area contributed by atoms with Gasteiger partial charge in [-0.15, -0.1) is 0 Å². The fourth-order valence-corrected chi connectivity index (χ4v) is 6.33. The van der Waals surface area contributed by atoms with Crippen LogP contribution >= 0.6 is 0 Å². The van der Waals surface area contributed by atoms with Crippen molar-refractivity contribution in [3.63, 3.8) is 0 Å². The molecule has 58 heavy (non-hydrogen) atoms. The first kappa shape index (κ1) is 54.8. The molecule has 5 heteroatoms. The fourth-order valence-electron chi connectivity index (χ4n) is 6.33. The molecular weight excluding hydrogens is 717 g/mol. The summed E-state index contributed by atoms with van der Waals surface area (Å²) in [5.41, 5.74) is 0. The van der Waals surface area contributed by atoms with E-state index in [4.69, 9.17) is 9.47 Å². The molecule has 0 aromatic carbocycles. The Hall–Kier alpha value is -3.18. The van der Waals surface area contributed by atoms with Crippen LogP contribution in [0.1, 0.15) is 206 Å². The average molecular weight is 805 g/mol. The number of aliphatic hydroxyl groups is 1. The van der Waals surface area contributed by atoms with E-state index >= 15 is 0 Å². The molecule has 0 aliphatic heterocycles. The number of rotatable bonds is 42. The molecule has 0 saturated carbocycles. The second-order valence-corrected chi connectivity index (χ2v) is 15.5. The second-order valence-electron chi connectivity index (χ2n) is 15.5. The molecule has 1 unspecified atom stereocenters. The van der Waals surface area contributed by atoms with Gasteiger partial charge in [-0.2, -0.15) is 0 Å². The summed E-state index contributed by atoms with van der Waals surface area (Å²) in [4.78, 5) is 24.4. The minimum Gasteiger partial charge on any atom is -0.462 e. The van der Waals surface area contributed by atoms with Crippen LogP contribution in [0.15, 0.2) is 97.2 Å². The molecule has 1 N–H and O–H groups in total. The molecule has 0 aromatic rings. The third-order valence-corrected chi connectivity index (χ3v) is 9.89. The van der Waals surface area contributed by atoms with Gasteiger partial charge in [-0.25, -0.2) is 0 Å². The molecular formula is C53H88O5. The largest absolute Gasteiger partial charge is 0.462 e. The molecule has 0 bridgehead atoms. The van der Waals surface area contributed by atoms with Crippen LogP contribution in [0, 0.1) is 0 Å². The number of carbonyl (C=O) groups excluding carboxylic acids is 2. The Morgan fingerprint density at radius 2 is 0.741 bits per heavy atom. The predicted molar refractivity (Wildman–Crippen MR) is 251 cm³/mol. The smallest absolute Gasteiger partial charge is 0.306 e. The lowest BCUT2D eigenvalue weighted by Gasteiger charge is -2.15. The van der Waals surface area contributed by atoms with Crippen molar-refractivity contribution in [2.45, 2.75) is 213 Å². The van der Waals surface area contributed by atoms with E-state index in [0.717, 1.165) is 103 Å². The Morgan fingerprint density at radius 3 is 1.12 bits per heavy atom. The second kappa shape index (κ2) is 48.2. The molecule has 0 aromatic heterocycles. The Bertz CT molecular complexity index is 1140. The molecule has 0 aliphatic carbocycles. The van der Waals surface area contributed by atoms with Gasteiger partial charge in [0, 0.05) is 12.8 Å². The van der Waals surface area contributed by atoms with Crippen molar-refractivity contribution >= 4 is 11.9 Å². The zero-order chi connectivity index (χ0) is 42.1. The van der Waals surface area contributed by atoms with Crippen molar-refractivity contribution < 1.29 is 24.2 Å². The predicted octanol–water partition coefficient (Wildman–Crippen LogP) is 15.6. The Morgan fingerprint density at radius 1 is 0.414 bits per heavy atom. The van der Waals surface area contributed by atoms with E-state index in [2.05, 4.69) is 111 Å². The van der Waals surface area contributed by atoms with Gasteiger partial charge in [0.25, 0.3) is 0 Å². The maximum absolute atomic E-state index is 12.2. The van der Waals surface area contributed by atoms with E-state index in [1.165, 1.54) is 77.0 Å². The summed E-state index contributed by atoms with van der Waals surface area (Å²) in [7, 11) is 0. The summed E-state index contributed by atoms with van der Waals surface area (Å²) in [6, 6.07) is 0. The van der Waals surface area contributed by atoms with Crippen LogP contribution in [-0.4, -0.2) is 36.4 Å². The van der Waals surface area contributed by atoms with Crippen LogP contribution in [0.25, 0.3) is 0 Å². The van der Waals surface area contributed by atoms with Crippen molar-refractivity contribution in [2.75, 3.05) is 13.2 Å². The summed E-state index contributed by atoms with van der Waals surface area (Å²) in [6.45, 7) is 4.00. The van der Waals surface area contributed by atoms with Crippen LogP contribution in [0.5, 0.6) is 0 Å². The lowest BCUT2D eigenvalue weighted by atomic mass is 10.0. The molecule has 330 valence electrons. The molecule has 0 rings (SSSR count). The first-order valence-corrected chi connectivity index (χ1v) is 23.8. The first-order valence-electron chi connectivity index (χ1n) is 23.8. The molecule has 0 fully saturated rings. The highest BCUT2D eigenvalue weighted by molar-refractivity contribution is 5.70. The van der Waals surface area contributed by atoms with Crippen molar-refractivity contribution in [3.8, 4) is 0 Å². The highest BCUT2D eigenvalue weighted by atomic mass is 16.6. The average Bonchev–Trinajstić information content (AvgIpc) is 3.23. The summed E-state index contributed by atoms with van der Waals surface area (Å²) in [5, 5.41) is 9.60. The molecule has 0 radical (unpaired) electrons. The summed E-state index contributed by atoms with van der Waals surface area (Å²) < 4.78 is 10.6. The minimum absolute atomic E-state index is 0.0795. The Labute approximate surface area is 358 Å². The first-order chi connectivity index (χ1) is 28.6. The lowest BCUT2D eigenvalue weighted by molar-refractivity contribution is -0.161. The minimum atomic E-state index is -0.790. The zero-order valence-corrected chi connectivity index (χ0v) is 37.5. The van der Waals surface area contributed by atoms with Crippen LogP contribution in [0.2, 0.25) is 0 Å². The van der Waals surface area contributed by atoms with Crippen LogP contribution in [-0.2, 0) is 19.1 Å². The number of aliphatic hydroxyl groups excluding tert-OH is 1. The highest BCUT2D eigenvalue weighted by Gasteiger charge is 2.16. The van der Waals surface area contributed by atoms with Crippen LogP contribution < -0.4 is 0 Å². The molecule has 0 spiro atoms. The lowest BCUT2D eigenvalue weighted by Crippen LogP contribution is -2.28. The zero-order valence-electron chi connectivity index (χ0n) is 37.5. The van der Waals surface area contributed by atoms with Crippen LogP contribution in [0.4, 0.5) is 0 Å². The van der Waals surface area contributed by atoms with E-state index in [-0.39, 0.29) is 25.2 Å². The Balaban J connectivity index is 3.65. The molecule has 0 saturated heterocycles. The monoisotopic (exact) mass is 805 g/mol. The highest BCUT2D eigenvalue weighted by Crippen LogP contribution is 2.14. The normalized spacial score (nSPS) is 13.1. The van der Waals surface area contributed by atoms with E-state index in [1.54, 1.807) is 0 Å². The number of hydrogen-bond acceptors (Lipinski definition) is 5. The van der Waals surface area contributed by atoms with Gasteiger partial charge in [0.05, 0.1) is 6.61 Å². The van der Waals surface area contributed by atoms with Gasteiger partial charge in [-0.1, -0.05) is 214 Å². The molecule has 1 atom stereocenters. The number of allylic oxidation sites excluding steroid dienone is 16. The Kier molecular flexibility index (Phi) is 45.5. The van der Waals surface area contributed by atoms with Crippen molar-refractivity contribution in [1.82, 2.24) is 0 Å². The van der Waals surface area contributed by atoms with E-state index in [1.807, 2.05) is 0 Å². The van der Waals surface area contributed by atoms with Gasteiger partial charge < -0.3 is 14.6 Å². The number of hydrogen-bond donors (Lipinski definition) is 1. The maximum atomic E-state index is 12.2. The molecule has 0 heterocycles. The SMILES string of the molecule is CC/C=C\C/C=C\C/C=C\C/C=C\C/C=C\C/C=C\C/C=C\C/C=C\CCCCCCC(=O)OC(CO)COC(=O)CCCCCCCCCCCCCCCCC. The third-order valence-electron chi connectivity index (χ3n) is 9.89. The molecule has 0 aliphatic rings. The van der Waals surface area contributed by atoms with Gasteiger partial charge in [0.1, 0.15) is 6.61 Å².